The van der Waals surface area contributed by atoms with Gasteiger partial charge in [-0.2, -0.15) is 4.31 Å². The SMILES string of the molecule is CCN(CC)S(=O)(=O)c1ccc(NC(=O)CSc2nnc(-c3c[nH]c4ccccc34)n2-c2ccccc2)cc1. The van der Waals surface area contributed by atoms with Crippen LogP contribution >= 0.6 is 11.8 Å². The molecule has 0 aliphatic heterocycles. The van der Waals surface area contributed by atoms with Gasteiger partial charge >= 0.3 is 0 Å². The Morgan fingerprint density at radius 2 is 1.64 bits per heavy atom. The number of nitrogens with one attached hydrogen (secondary N) is 2. The van der Waals surface area contributed by atoms with Crippen molar-refractivity contribution < 1.29 is 13.2 Å². The van der Waals surface area contributed by atoms with Crippen LogP contribution in [0.3, 0.4) is 0 Å². The molecule has 5 rings (SSSR count). The molecule has 0 radical (unpaired) electrons. The van der Waals surface area contributed by atoms with Crippen LogP contribution in [-0.4, -0.2) is 57.2 Å². The molecule has 0 bridgehead atoms. The molecular formula is C28H28N6O3S2. The Hall–Kier alpha value is -3.93. The number of carbonyl (C=O) groups excluding carboxylic acids is 1. The molecule has 5 aromatic rings. The average Bonchev–Trinajstić information content (AvgIpc) is 3.57. The molecule has 0 saturated heterocycles. The van der Waals surface area contributed by atoms with E-state index in [9.17, 15) is 13.2 Å². The lowest BCUT2D eigenvalue weighted by Crippen LogP contribution is -2.30. The normalized spacial score (nSPS) is 11.8. The molecule has 0 saturated carbocycles. The van der Waals surface area contributed by atoms with E-state index < -0.39 is 10.0 Å². The number of fused-ring (bicyclic) bond motifs is 1. The van der Waals surface area contributed by atoms with Crippen LogP contribution in [0.25, 0.3) is 28.0 Å². The second kappa shape index (κ2) is 11.4. The van der Waals surface area contributed by atoms with Gasteiger partial charge in [0, 0.05) is 47.1 Å². The van der Waals surface area contributed by atoms with Crippen molar-refractivity contribution in [1.82, 2.24) is 24.1 Å². The van der Waals surface area contributed by atoms with Gasteiger partial charge in [0.1, 0.15) is 0 Å². The Kier molecular flexibility index (Phi) is 7.82. The van der Waals surface area contributed by atoms with Crippen molar-refractivity contribution in [1.29, 1.82) is 0 Å². The molecule has 0 aliphatic carbocycles. The zero-order valence-corrected chi connectivity index (χ0v) is 23.2. The molecule has 0 spiro atoms. The summed E-state index contributed by atoms with van der Waals surface area (Å²) in [4.78, 5) is 16.3. The predicted octanol–water partition coefficient (Wildman–Crippen LogP) is 5.18. The quantitative estimate of drug-likeness (QED) is 0.228. The fourth-order valence-electron chi connectivity index (χ4n) is 4.35. The highest BCUT2D eigenvalue weighted by Crippen LogP contribution is 2.32. The minimum Gasteiger partial charge on any atom is -0.360 e. The lowest BCUT2D eigenvalue weighted by Gasteiger charge is -2.18. The largest absolute Gasteiger partial charge is 0.360 e. The fraction of sp³-hybridized carbons (Fsp3) is 0.179. The molecule has 2 N–H and O–H groups in total. The van der Waals surface area contributed by atoms with E-state index in [0.29, 0.717) is 29.8 Å². The first kappa shape index (κ1) is 26.7. The van der Waals surface area contributed by atoms with Crippen LogP contribution in [0, 0.1) is 0 Å². The van der Waals surface area contributed by atoms with Gasteiger partial charge in [0.25, 0.3) is 0 Å². The van der Waals surface area contributed by atoms with Crippen molar-refractivity contribution in [2.24, 2.45) is 0 Å². The number of amides is 1. The topological polar surface area (TPSA) is 113 Å². The van der Waals surface area contributed by atoms with Gasteiger partial charge in [-0.05, 0) is 42.5 Å². The van der Waals surface area contributed by atoms with Crippen LogP contribution in [0.1, 0.15) is 13.8 Å². The summed E-state index contributed by atoms with van der Waals surface area (Å²) < 4.78 is 28.8. The highest BCUT2D eigenvalue weighted by molar-refractivity contribution is 7.99. The third-order valence-electron chi connectivity index (χ3n) is 6.29. The first-order valence-corrected chi connectivity index (χ1v) is 14.9. The highest BCUT2D eigenvalue weighted by atomic mass is 32.2. The number of hydrogen-bond donors (Lipinski definition) is 2. The molecule has 2 heterocycles. The second-order valence-corrected chi connectivity index (χ2v) is 11.6. The number of nitrogens with zero attached hydrogens (tertiary/aromatic N) is 4. The summed E-state index contributed by atoms with van der Waals surface area (Å²) in [6.07, 6.45) is 1.92. The van der Waals surface area contributed by atoms with Crippen LogP contribution < -0.4 is 5.32 Å². The number of anilines is 1. The van der Waals surface area contributed by atoms with Gasteiger partial charge in [-0.25, -0.2) is 8.42 Å². The molecular weight excluding hydrogens is 532 g/mol. The molecule has 9 nitrogen and oxygen atoms in total. The zero-order chi connectivity index (χ0) is 27.4. The Labute approximate surface area is 231 Å². The molecule has 0 aliphatic rings. The molecule has 0 fully saturated rings. The summed E-state index contributed by atoms with van der Waals surface area (Å²) in [5, 5.41) is 13.4. The lowest BCUT2D eigenvalue weighted by molar-refractivity contribution is -0.113. The van der Waals surface area contributed by atoms with Gasteiger partial charge in [0.05, 0.1) is 10.6 Å². The lowest BCUT2D eigenvalue weighted by atomic mass is 10.1. The molecule has 0 unspecified atom stereocenters. The Morgan fingerprint density at radius 1 is 0.949 bits per heavy atom. The number of sulfonamides is 1. The number of para-hydroxylation sites is 2. The van der Waals surface area contributed by atoms with Gasteiger partial charge in [0.15, 0.2) is 11.0 Å². The van der Waals surface area contributed by atoms with E-state index in [0.717, 1.165) is 22.2 Å². The molecule has 11 heteroatoms. The Balaban J connectivity index is 1.34. The number of aromatic amines is 1. The summed E-state index contributed by atoms with van der Waals surface area (Å²) >= 11 is 1.27. The molecule has 1 amide bonds. The number of aromatic nitrogens is 4. The van der Waals surface area contributed by atoms with E-state index in [1.165, 1.54) is 28.2 Å². The van der Waals surface area contributed by atoms with Gasteiger partial charge in [-0.3, -0.25) is 9.36 Å². The van der Waals surface area contributed by atoms with Crippen molar-refractivity contribution in [3.63, 3.8) is 0 Å². The second-order valence-electron chi connectivity index (χ2n) is 8.68. The van der Waals surface area contributed by atoms with Crippen LogP contribution in [0.15, 0.2) is 95.1 Å². The van der Waals surface area contributed by atoms with E-state index in [2.05, 4.69) is 20.5 Å². The molecule has 3 aromatic carbocycles. The van der Waals surface area contributed by atoms with Crippen LogP contribution in [0.2, 0.25) is 0 Å². The van der Waals surface area contributed by atoms with Crippen LogP contribution in [0.5, 0.6) is 0 Å². The highest BCUT2D eigenvalue weighted by Gasteiger charge is 2.22. The van der Waals surface area contributed by atoms with Crippen molar-refractivity contribution in [2.75, 3.05) is 24.2 Å². The van der Waals surface area contributed by atoms with Gasteiger partial charge in [0.2, 0.25) is 15.9 Å². The minimum absolute atomic E-state index is 0.0956. The van der Waals surface area contributed by atoms with E-state index in [-0.39, 0.29) is 16.6 Å². The third kappa shape index (κ3) is 5.47. The average molecular weight is 561 g/mol. The summed E-state index contributed by atoms with van der Waals surface area (Å²) in [6.45, 7) is 4.39. The number of rotatable bonds is 10. The van der Waals surface area contributed by atoms with E-state index in [1.54, 1.807) is 26.0 Å². The summed E-state index contributed by atoms with van der Waals surface area (Å²) in [7, 11) is -3.56. The van der Waals surface area contributed by atoms with Crippen molar-refractivity contribution in [3.8, 4) is 17.1 Å². The molecule has 200 valence electrons. The van der Waals surface area contributed by atoms with Crippen molar-refractivity contribution >= 4 is 44.3 Å². The number of benzene rings is 3. The summed E-state index contributed by atoms with van der Waals surface area (Å²) in [5.41, 5.74) is 3.32. The summed E-state index contributed by atoms with van der Waals surface area (Å²) in [5.74, 6) is 0.528. The van der Waals surface area contributed by atoms with Gasteiger partial charge < -0.3 is 10.3 Å². The maximum Gasteiger partial charge on any atom is 0.243 e. The number of hydrogen-bond acceptors (Lipinski definition) is 6. The number of thioether (sulfide) groups is 1. The van der Waals surface area contributed by atoms with Gasteiger partial charge in [-0.1, -0.05) is 62.0 Å². The smallest absolute Gasteiger partial charge is 0.243 e. The maximum absolute atomic E-state index is 12.8. The van der Waals surface area contributed by atoms with Crippen LogP contribution in [-0.2, 0) is 14.8 Å². The standard InChI is InChI=1S/C28H28N6O3S2/c1-3-33(4-2)39(36,37)22-16-14-20(15-17-22)30-26(35)19-38-28-32-31-27(34(28)21-10-6-5-7-11-21)24-18-29-25-13-9-8-12-23(24)25/h5-18,29H,3-4,19H2,1-2H3,(H,30,35). The first-order chi connectivity index (χ1) is 18.9. The maximum atomic E-state index is 12.8. The van der Waals surface area contributed by atoms with E-state index in [4.69, 9.17) is 0 Å². The van der Waals surface area contributed by atoms with E-state index in [1.807, 2.05) is 65.4 Å². The number of H-pyrrole nitrogens is 1. The molecule has 2 aromatic heterocycles. The van der Waals surface area contributed by atoms with Crippen molar-refractivity contribution in [3.05, 3.63) is 85.1 Å². The minimum atomic E-state index is -3.56. The fourth-order valence-corrected chi connectivity index (χ4v) is 6.56. The number of carbonyl (C=O) groups is 1. The van der Waals surface area contributed by atoms with Crippen LogP contribution in [0.4, 0.5) is 5.69 Å². The summed E-state index contributed by atoms with van der Waals surface area (Å²) in [6, 6.07) is 24.0. The Morgan fingerprint density at radius 3 is 2.36 bits per heavy atom. The third-order valence-corrected chi connectivity index (χ3v) is 9.28. The first-order valence-electron chi connectivity index (χ1n) is 12.5. The zero-order valence-electron chi connectivity index (χ0n) is 21.5. The predicted molar refractivity (Wildman–Crippen MR) is 155 cm³/mol. The molecule has 39 heavy (non-hydrogen) atoms. The van der Waals surface area contributed by atoms with Gasteiger partial charge in [-0.15, -0.1) is 10.2 Å². The molecule has 0 atom stereocenters. The monoisotopic (exact) mass is 560 g/mol. The van der Waals surface area contributed by atoms with E-state index >= 15 is 0 Å². The Bertz CT molecular complexity index is 1690. The van der Waals surface area contributed by atoms with Crippen molar-refractivity contribution in [2.45, 2.75) is 23.9 Å².